The first-order valence-corrected chi connectivity index (χ1v) is 14.3. The van der Waals surface area contributed by atoms with Crippen molar-refractivity contribution in [1.29, 1.82) is 0 Å². The van der Waals surface area contributed by atoms with E-state index in [0.29, 0.717) is 45.5 Å². The van der Waals surface area contributed by atoms with Gasteiger partial charge in [0.15, 0.2) is 0 Å². The average Bonchev–Trinajstić information content (AvgIpc) is 2.94. The third-order valence-electron chi connectivity index (χ3n) is 7.08. The molecule has 3 heterocycles. The van der Waals surface area contributed by atoms with E-state index in [9.17, 15) is 18.0 Å². The van der Waals surface area contributed by atoms with Crippen LogP contribution in [0.5, 0.6) is 0 Å². The van der Waals surface area contributed by atoms with E-state index >= 15 is 0 Å². The zero-order valence-corrected chi connectivity index (χ0v) is 22.5. The third kappa shape index (κ3) is 6.33. The molecule has 1 aromatic carbocycles. The van der Waals surface area contributed by atoms with Crippen LogP contribution in [0, 0.1) is 0 Å². The number of nitrogens with one attached hydrogen (secondary N) is 1. The summed E-state index contributed by atoms with van der Waals surface area (Å²) < 4.78 is 32.8. The largest absolute Gasteiger partial charge is 0.450 e. The van der Waals surface area contributed by atoms with Gasteiger partial charge in [-0.05, 0) is 49.1 Å². The number of sulfonamides is 1. The minimum atomic E-state index is -3.81. The lowest BCUT2D eigenvalue weighted by Crippen LogP contribution is -2.64. The summed E-state index contributed by atoms with van der Waals surface area (Å²) in [7, 11) is -3.81. The number of ether oxygens (including phenoxy) is 1. The number of carbonyl (C=O) groups excluding carboxylic acids is 2. The molecule has 0 bridgehead atoms. The Balaban J connectivity index is 1.45. The summed E-state index contributed by atoms with van der Waals surface area (Å²) >= 11 is 0. The van der Waals surface area contributed by atoms with Gasteiger partial charge in [0.1, 0.15) is 0 Å². The Morgan fingerprint density at radius 2 is 1.79 bits per heavy atom. The molecule has 2 aliphatic rings. The molecule has 1 N–H and O–H groups in total. The number of carbonyl (C=O) groups is 2. The van der Waals surface area contributed by atoms with E-state index in [1.807, 2.05) is 19.1 Å². The number of pyridine rings is 1. The Hall–Kier alpha value is -3.44. The molecule has 11 heteroatoms. The summed E-state index contributed by atoms with van der Waals surface area (Å²) in [5.41, 5.74) is 1.19. The Kier molecular flexibility index (Phi) is 8.68. The molecular formula is C27H35N5O5S. The lowest BCUT2D eigenvalue weighted by atomic mass is 9.86. The molecule has 204 valence electrons. The summed E-state index contributed by atoms with van der Waals surface area (Å²) in [5.74, 6) is -0.290. The van der Waals surface area contributed by atoms with Gasteiger partial charge in [-0.1, -0.05) is 31.7 Å². The van der Waals surface area contributed by atoms with Crippen LogP contribution in [-0.4, -0.2) is 86.0 Å². The molecule has 2 fully saturated rings. The number of hydrogen-bond acceptors (Lipinski definition) is 7. The molecule has 10 nitrogen and oxygen atoms in total. The van der Waals surface area contributed by atoms with Crippen molar-refractivity contribution in [3.63, 3.8) is 0 Å². The summed E-state index contributed by atoms with van der Waals surface area (Å²) in [5, 5.41) is 3.05. The summed E-state index contributed by atoms with van der Waals surface area (Å²) in [6.07, 6.45) is 6.57. The first kappa shape index (κ1) is 27.6. The third-order valence-corrected chi connectivity index (χ3v) is 8.94. The predicted octanol–water partition coefficient (Wildman–Crippen LogP) is 2.73. The first-order valence-electron chi connectivity index (χ1n) is 12.9. The molecule has 38 heavy (non-hydrogen) atoms. The van der Waals surface area contributed by atoms with Crippen molar-refractivity contribution in [2.45, 2.75) is 36.6 Å². The number of alkyl carbamates (subject to hydrolysis) is 1. The molecule has 0 saturated carbocycles. The van der Waals surface area contributed by atoms with E-state index in [0.717, 1.165) is 11.3 Å². The highest BCUT2D eigenvalue weighted by molar-refractivity contribution is 7.89. The Bertz CT molecular complexity index is 1230. The number of nitrogens with zero attached hydrogens (tertiary/aromatic N) is 4. The summed E-state index contributed by atoms with van der Waals surface area (Å²) in [6, 6.07) is 10.3. The predicted molar refractivity (Wildman–Crippen MR) is 145 cm³/mol. The van der Waals surface area contributed by atoms with E-state index < -0.39 is 21.7 Å². The average molecular weight is 542 g/mol. The molecule has 0 atom stereocenters. The van der Waals surface area contributed by atoms with Crippen molar-refractivity contribution in [1.82, 2.24) is 19.5 Å². The highest BCUT2D eigenvalue weighted by Crippen LogP contribution is 2.28. The van der Waals surface area contributed by atoms with Crippen LogP contribution in [0.15, 0.2) is 60.3 Å². The molecule has 0 spiro atoms. The van der Waals surface area contributed by atoms with Gasteiger partial charge in [-0.3, -0.25) is 9.78 Å². The number of anilines is 1. The lowest BCUT2D eigenvalue weighted by molar-refractivity contribution is -0.135. The van der Waals surface area contributed by atoms with Gasteiger partial charge in [-0.15, -0.1) is 0 Å². The fourth-order valence-corrected chi connectivity index (χ4v) is 6.25. The number of benzene rings is 1. The van der Waals surface area contributed by atoms with Crippen LogP contribution in [-0.2, 0) is 19.6 Å². The number of piperidine rings is 1. The van der Waals surface area contributed by atoms with Crippen molar-refractivity contribution >= 4 is 33.8 Å². The maximum absolute atomic E-state index is 13.2. The van der Waals surface area contributed by atoms with Crippen molar-refractivity contribution in [2.24, 2.45) is 0 Å². The molecule has 2 aromatic rings. The smallest absolute Gasteiger partial charge is 0.407 e. The number of rotatable bonds is 9. The van der Waals surface area contributed by atoms with E-state index in [-0.39, 0.29) is 30.4 Å². The lowest BCUT2D eigenvalue weighted by Gasteiger charge is -2.46. The van der Waals surface area contributed by atoms with Crippen molar-refractivity contribution in [2.75, 3.05) is 50.8 Å². The van der Waals surface area contributed by atoms with Crippen molar-refractivity contribution < 1.29 is 22.7 Å². The number of amides is 2. The fourth-order valence-electron chi connectivity index (χ4n) is 4.87. The van der Waals surface area contributed by atoms with Crippen LogP contribution < -0.4 is 10.2 Å². The molecule has 2 aliphatic heterocycles. The molecular weight excluding hydrogens is 506 g/mol. The van der Waals surface area contributed by atoms with Gasteiger partial charge in [0.2, 0.25) is 15.9 Å². The van der Waals surface area contributed by atoms with Gasteiger partial charge in [0, 0.05) is 50.8 Å². The van der Waals surface area contributed by atoms with Gasteiger partial charge in [0.25, 0.3) is 0 Å². The van der Waals surface area contributed by atoms with Gasteiger partial charge >= 0.3 is 6.09 Å². The fraction of sp³-hybridized carbons (Fsp3) is 0.444. The maximum atomic E-state index is 13.2. The highest BCUT2D eigenvalue weighted by Gasteiger charge is 2.41. The zero-order valence-electron chi connectivity index (χ0n) is 21.7. The van der Waals surface area contributed by atoms with Crippen molar-refractivity contribution in [3.8, 4) is 0 Å². The van der Waals surface area contributed by atoms with E-state index in [2.05, 4.69) is 21.8 Å². The monoisotopic (exact) mass is 541 g/mol. The second-order valence-corrected chi connectivity index (χ2v) is 11.6. The van der Waals surface area contributed by atoms with Crippen LogP contribution in [0.1, 0.15) is 31.7 Å². The minimum Gasteiger partial charge on any atom is -0.450 e. The van der Waals surface area contributed by atoms with Gasteiger partial charge in [-0.2, -0.15) is 4.31 Å². The zero-order chi connectivity index (χ0) is 27.2. The van der Waals surface area contributed by atoms with Gasteiger partial charge in [-0.25, -0.2) is 13.2 Å². The number of piperazine rings is 1. The van der Waals surface area contributed by atoms with Gasteiger partial charge < -0.3 is 19.9 Å². The summed E-state index contributed by atoms with van der Waals surface area (Å²) in [6.45, 7) is 7.75. The molecule has 0 radical (unpaired) electrons. The van der Waals surface area contributed by atoms with Gasteiger partial charge in [0.05, 0.1) is 23.6 Å². The first-order chi connectivity index (χ1) is 18.3. The molecule has 0 aliphatic carbocycles. The normalized spacial score (nSPS) is 18.2. The molecule has 2 saturated heterocycles. The van der Waals surface area contributed by atoms with Crippen LogP contribution in [0.2, 0.25) is 0 Å². The Morgan fingerprint density at radius 1 is 1.11 bits per heavy atom. The highest BCUT2D eigenvalue weighted by atomic mass is 32.2. The van der Waals surface area contributed by atoms with Crippen LogP contribution in [0.4, 0.5) is 10.5 Å². The number of hydrogen-bond donors (Lipinski definition) is 1. The van der Waals surface area contributed by atoms with E-state index in [1.165, 1.54) is 16.4 Å². The Morgan fingerprint density at radius 3 is 2.39 bits per heavy atom. The SMILES string of the molecule is C=Cc1ccc(S(=O)(=O)N2CCN(CC3(NC(=O)OCCC)CCN(c4ccncc4)CC3)C(=O)C2)cc1. The summed E-state index contributed by atoms with van der Waals surface area (Å²) in [4.78, 5) is 33.9. The molecule has 1 aromatic heterocycles. The minimum absolute atomic E-state index is 0.143. The van der Waals surface area contributed by atoms with E-state index in [4.69, 9.17) is 4.74 Å². The Labute approximate surface area is 224 Å². The van der Waals surface area contributed by atoms with Crippen molar-refractivity contribution in [3.05, 3.63) is 60.9 Å². The second-order valence-electron chi connectivity index (χ2n) is 9.66. The standard InChI is InChI=1S/C27H35N5O5S/c1-3-19-37-26(34)29-27(11-15-30(16-12-27)23-9-13-28-14-10-23)21-31-17-18-32(20-25(31)33)38(35,36)24-7-5-22(4-2)6-8-24/h4-10,13-14H,2-3,11-12,15-21H2,1H3,(H,29,34). The molecule has 0 unspecified atom stereocenters. The molecule has 4 rings (SSSR count). The maximum Gasteiger partial charge on any atom is 0.407 e. The van der Waals surface area contributed by atoms with E-state index in [1.54, 1.807) is 35.5 Å². The van der Waals surface area contributed by atoms with Crippen LogP contribution in [0.3, 0.4) is 0 Å². The quantitative estimate of drug-likeness (QED) is 0.520. The van der Waals surface area contributed by atoms with Crippen LogP contribution >= 0.6 is 0 Å². The molecule has 2 amide bonds. The van der Waals surface area contributed by atoms with Crippen LogP contribution in [0.25, 0.3) is 6.08 Å². The second kappa shape index (κ2) is 12.0. The topological polar surface area (TPSA) is 112 Å². The number of aromatic nitrogens is 1.